The van der Waals surface area contributed by atoms with Crippen molar-refractivity contribution in [2.24, 2.45) is 0 Å². The van der Waals surface area contributed by atoms with Crippen molar-refractivity contribution in [3.8, 4) is 0 Å². The summed E-state index contributed by atoms with van der Waals surface area (Å²) in [6.45, 7) is 2.89. The van der Waals surface area contributed by atoms with E-state index in [1.54, 1.807) is 6.07 Å². The summed E-state index contributed by atoms with van der Waals surface area (Å²) in [5, 5.41) is 3.34. The van der Waals surface area contributed by atoms with Crippen LogP contribution < -0.4 is 5.32 Å². The summed E-state index contributed by atoms with van der Waals surface area (Å²) in [4.78, 5) is 0.479. The van der Waals surface area contributed by atoms with E-state index in [9.17, 15) is 8.42 Å². The van der Waals surface area contributed by atoms with Gasteiger partial charge in [-0.25, -0.2) is 8.42 Å². The minimum Gasteiger partial charge on any atom is -0.310 e. The van der Waals surface area contributed by atoms with Crippen molar-refractivity contribution in [1.29, 1.82) is 0 Å². The predicted molar refractivity (Wildman–Crippen MR) is 64.3 cm³/mol. The van der Waals surface area contributed by atoms with Crippen molar-refractivity contribution in [2.45, 2.75) is 30.7 Å². The van der Waals surface area contributed by atoms with Crippen LogP contribution in [0.25, 0.3) is 0 Å². The van der Waals surface area contributed by atoms with Crippen LogP contribution in [-0.4, -0.2) is 21.2 Å². The highest BCUT2D eigenvalue weighted by Gasteiger charge is 2.23. The molecule has 1 aromatic rings. The molecular weight excluding hydrogens is 222 g/mol. The van der Waals surface area contributed by atoms with Gasteiger partial charge in [0, 0.05) is 12.3 Å². The normalized spacial score (nSPS) is 21.2. The first kappa shape index (κ1) is 11.6. The number of rotatable bonds is 2. The van der Waals surface area contributed by atoms with Crippen LogP contribution in [0.1, 0.15) is 30.0 Å². The Morgan fingerprint density at radius 1 is 1.38 bits per heavy atom. The molecule has 1 unspecified atom stereocenters. The van der Waals surface area contributed by atoms with E-state index in [4.69, 9.17) is 0 Å². The van der Waals surface area contributed by atoms with Crippen LogP contribution in [0, 0.1) is 6.92 Å². The minimum absolute atomic E-state index is 0.199. The lowest BCUT2D eigenvalue weighted by atomic mass is 10.0. The molecule has 1 fully saturated rings. The topological polar surface area (TPSA) is 46.2 Å². The molecule has 1 N–H and O–H groups in total. The summed E-state index contributed by atoms with van der Waals surface area (Å²) < 4.78 is 23.5. The third kappa shape index (κ3) is 2.28. The second-order valence-corrected chi connectivity index (χ2v) is 6.45. The lowest BCUT2D eigenvalue weighted by Gasteiger charge is -2.15. The molecule has 0 saturated carbocycles. The summed E-state index contributed by atoms with van der Waals surface area (Å²) in [7, 11) is -3.13. The summed E-state index contributed by atoms with van der Waals surface area (Å²) in [5.74, 6) is 0. The average Bonchev–Trinajstić information content (AvgIpc) is 2.69. The fraction of sp³-hybridized carbons (Fsp3) is 0.500. The Hall–Kier alpha value is -0.870. The molecule has 3 nitrogen and oxygen atoms in total. The molecule has 1 saturated heterocycles. The fourth-order valence-electron chi connectivity index (χ4n) is 2.20. The SMILES string of the molecule is Cc1ccc(C2CCCN2)c(S(C)(=O)=O)c1. The van der Waals surface area contributed by atoms with E-state index >= 15 is 0 Å². The number of benzene rings is 1. The molecule has 16 heavy (non-hydrogen) atoms. The number of sulfone groups is 1. The van der Waals surface area contributed by atoms with E-state index in [0.29, 0.717) is 4.90 Å². The Labute approximate surface area is 96.8 Å². The summed E-state index contributed by atoms with van der Waals surface area (Å²) >= 11 is 0. The van der Waals surface area contributed by atoms with Crippen LogP contribution >= 0.6 is 0 Å². The van der Waals surface area contributed by atoms with Gasteiger partial charge in [-0.05, 0) is 43.5 Å². The maximum atomic E-state index is 11.7. The van der Waals surface area contributed by atoms with Crippen molar-refractivity contribution in [3.63, 3.8) is 0 Å². The highest BCUT2D eigenvalue weighted by molar-refractivity contribution is 7.90. The van der Waals surface area contributed by atoms with Gasteiger partial charge in [-0.3, -0.25) is 0 Å². The van der Waals surface area contributed by atoms with Gasteiger partial charge < -0.3 is 5.32 Å². The summed E-state index contributed by atoms with van der Waals surface area (Å²) in [6.07, 6.45) is 3.41. The van der Waals surface area contributed by atoms with E-state index in [1.807, 2.05) is 19.1 Å². The number of nitrogens with one attached hydrogen (secondary N) is 1. The molecule has 1 heterocycles. The molecule has 1 aromatic carbocycles. The average molecular weight is 239 g/mol. The number of aryl methyl sites for hydroxylation is 1. The largest absolute Gasteiger partial charge is 0.310 e. The molecule has 0 radical (unpaired) electrons. The zero-order chi connectivity index (χ0) is 11.8. The van der Waals surface area contributed by atoms with E-state index in [0.717, 1.165) is 30.5 Å². The molecule has 0 amide bonds. The molecule has 1 atom stereocenters. The summed E-state index contributed by atoms with van der Waals surface area (Å²) in [6, 6.07) is 5.88. The van der Waals surface area contributed by atoms with Gasteiger partial charge in [0.1, 0.15) is 0 Å². The number of hydrogen-bond donors (Lipinski definition) is 1. The first-order chi connectivity index (χ1) is 7.48. The Morgan fingerprint density at radius 2 is 2.12 bits per heavy atom. The highest BCUT2D eigenvalue weighted by atomic mass is 32.2. The molecule has 2 rings (SSSR count). The smallest absolute Gasteiger partial charge is 0.175 e. The second kappa shape index (κ2) is 4.18. The van der Waals surface area contributed by atoms with E-state index in [-0.39, 0.29) is 6.04 Å². The molecule has 88 valence electrons. The highest BCUT2D eigenvalue weighted by Crippen LogP contribution is 2.29. The van der Waals surface area contributed by atoms with E-state index < -0.39 is 9.84 Å². The van der Waals surface area contributed by atoms with Crippen LogP contribution in [0.15, 0.2) is 23.1 Å². The van der Waals surface area contributed by atoms with Crippen LogP contribution in [0.5, 0.6) is 0 Å². The van der Waals surface area contributed by atoms with Gasteiger partial charge in [0.2, 0.25) is 0 Å². The van der Waals surface area contributed by atoms with Gasteiger partial charge in [-0.1, -0.05) is 12.1 Å². The van der Waals surface area contributed by atoms with Crippen molar-refractivity contribution in [1.82, 2.24) is 5.32 Å². The van der Waals surface area contributed by atoms with E-state index in [1.165, 1.54) is 6.26 Å². The molecular formula is C12H17NO2S. The van der Waals surface area contributed by atoms with Crippen molar-refractivity contribution >= 4 is 9.84 Å². The first-order valence-electron chi connectivity index (χ1n) is 5.52. The Balaban J connectivity index is 2.52. The zero-order valence-electron chi connectivity index (χ0n) is 9.66. The van der Waals surface area contributed by atoms with Crippen molar-refractivity contribution in [3.05, 3.63) is 29.3 Å². The van der Waals surface area contributed by atoms with Crippen molar-refractivity contribution < 1.29 is 8.42 Å². The third-order valence-corrected chi connectivity index (χ3v) is 4.16. The molecule has 0 spiro atoms. The van der Waals surface area contributed by atoms with Gasteiger partial charge in [0.15, 0.2) is 9.84 Å². The first-order valence-corrected chi connectivity index (χ1v) is 7.41. The van der Waals surface area contributed by atoms with Gasteiger partial charge in [-0.15, -0.1) is 0 Å². The third-order valence-electron chi connectivity index (χ3n) is 3.00. The Morgan fingerprint density at radius 3 is 2.69 bits per heavy atom. The maximum Gasteiger partial charge on any atom is 0.175 e. The minimum atomic E-state index is -3.13. The lowest BCUT2D eigenvalue weighted by Crippen LogP contribution is -2.16. The van der Waals surface area contributed by atoms with Gasteiger partial charge in [0.05, 0.1) is 4.90 Å². The molecule has 0 bridgehead atoms. The lowest BCUT2D eigenvalue weighted by molar-refractivity contribution is 0.591. The second-order valence-electron chi connectivity index (χ2n) is 4.46. The van der Waals surface area contributed by atoms with Crippen LogP contribution in [0.3, 0.4) is 0 Å². The quantitative estimate of drug-likeness (QED) is 0.856. The van der Waals surface area contributed by atoms with Gasteiger partial charge >= 0.3 is 0 Å². The molecule has 0 aliphatic carbocycles. The molecule has 1 aliphatic rings. The van der Waals surface area contributed by atoms with Crippen molar-refractivity contribution in [2.75, 3.05) is 12.8 Å². The van der Waals surface area contributed by atoms with E-state index in [2.05, 4.69) is 5.32 Å². The number of hydrogen-bond acceptors (Lipinski definition) is 3. The van der Waals surface area contributed by atoms with Crippen LogP contribution in [0.4, 0.5) is 0 Å². The standard InChI is InChI=1S/C12H17NO2S/c1-9-5-6-10(11-4-3-7-13-11)12(8-9)16(2,14)15/h5-6,8,11,13H,3-4,7H2,1-2H3. The zero-order valence-corrected chi connectivity index (χ0v) is 10.5. The van der Waals surface area contributed by atoms with Gasteiger partial charge in [0.25, 0.3) is 0 Å². The predicted octanol–water partition coefficient (Wildman–Crippen LogP) is 1.82. The molecule has 4 heteroatoms. The Bertz CT molecular complexity index is 488. The van der Waals surface area contributed by atoms with Gasteiger partial charge in [-0.2, -0.15) is 0 Å². The maximum absolute atomic E-state index is 11.7. The Kier molecular flexibility index (Phi) is 3.04. The van der Waals surface area contributed by atoms with Crippen LogP contribution in [-0.2, 0) is 9.84 Å². The molecule has 1 aliphatic heterocycles. The fourth-order valence-corrected chi connectivity index (χ4v) is 3.24. The molecule has 0 aromatic heterocycles. The monoisotopic (exact) mass is 239 g/mol. The van der Waals surface area contributed by atoms with Crippen LogP contribution in [0.2, 0.25) is 0 Å². The summed E-state index contributed by atoms with van der Waals surface area (Å²) in [5.41, 5.74) is 1.91.